The Kier molecular flexibility index (Phi) is 8.75. The number of nitrogens with two attached hydrogens (primary N) is 1. The van der Waals surface area contributed by atoms with Crippen LogP contribution in [0.2, 0.25) is 0 Å². The number of carbonyl (C=O) groups excluding carboxylic acids is 2. The Morgan fingerprint density at radius 3 is 2.17 bits per heavy atom. The van der Waals surface area contributed by atoms with E-state index >= 15 is 0 Å². The Bertz CT molecular complexity index is 1120. The second-order valence-corrected chi connectivity index (χ2v) is 12.7. The zero-order valence-corrected chi connectivity index (χ0v) is 24.1. The van der Waals surface area contributed by atoms with E-state index < -0.39 is 27.3 Å². The van der Waals surface area contributed by atoms with E-state index in [1.807, 2.05) is 0 Å². The molecular weight excluding hydrogens is 484 g/mol. The summed E-state index contributed by atoms with van der Waals surface area (Å²) in [6.07, 6.45) is 0.294. The minimum Gasteiger partial charge on any atom is -0.443 e. The lowest BCUT2D eigenvalue weighted by Gasteiger charge is -2.32. The summed E-state index contributed by atoms with van der Waals surface area (Å²) in [7, 11) is -2.94. The van der Waals surface area contributed by atoms with Gasteiger partial charge in [-0.2, -0.15) is 12.7 Å². The van der Waals surface area contributed by atoms with Crippen LogP contribution in [0.1, 0.15) is 71.6 Å². The maximum atomic E-state index is 13.2. The Morgan fingerprint density at radius 2 is 1.72 bits per heavy atom. The minimum absolute atomic E-state index is 0.0203. The Hall–Kier alpha value is -2.37. The van der Waals surface area contributed by atoms with E-state index in [-0.39, 0.29) is 17.6 Å². The molecule has 0 spiro atoms. The van der Waals surface area contributed by atoms with E-state index in [2.05, 4.69) is 17.1 Å². The Labute approximate surface area is 215 Å². The van der Waals surface area contributed by atoms with Gasteiger partial charge >= 0.3 is 16.3 Å². The largest absolute Gasteiger partial charge is 0.443 e. The number of benzene rings is 1. The number of nitrogens with zero attached hydrogens (tertiary/aromatic N) is 2. The molecular formula is C25H42N4O6S. The van der Waals surface area contributed by atoms with Crippen molar-refractivity contribution in [2.45, 2.75) is 86.8 Å². The van der Waals surface area contributed by atoms with Crippen LogP contribution in [0.25, 0.3) is 0 Å². The number of fused-ring (bicyclic) bond motifs is 1. The van der Waals surface area contributed by atoms with Crippen LogP contribution in [0.5, 0.6) is 0 Å². The third kappa shape index (κ3) is 6.30. The molecule has 36 heavy (non-hydrogen) atoms. The van der Waals surface area contributed by atoms with Gasteiger partial charge in [0.25, 0.3) is 0 Å². The quantitative estimate of drug-likeness (QED) is 0.548. The molecule has 0 radical (unpaired) electrons. The average Bonchev–Trinajstić information content (AvgIpc) is 3.04. The predicted octanol–water partition coefficient (Wildman–Crippen LogP) is 4.02. The van der Waals surface area contributed by atoms with Gasteiger partial charge in [0.15, 0.2) is 0 Å². The molecule has 11 heteroatoms. The SMILES string of the molecule is CCCN1c2c(c(C)c(N(C(=O)OC(C)(C)C)S(N)(=O)=O)c(C)c2NC(=O)C(C)(C)C)CC1COC. The summed E-state index contributed by atoms with van der Waals surface area (Å²) in [5.41, 5.74) is 1.50. The molecule has 1 aromatic rings. The number of hydrogen-bond acceptors (Lipinski definition) is 7. The van der Waals surface area contributed by atoms with Gasteiger partial charge in [0.1, 0.15) is 5.60 Å². The first-order valence-electron chi connectivity index (χ1n) is 12.1. The molecule has 0 bridgehead atoms. The molecule has 1 atom stereocenters. The molecule has 0 aliphatic carbocycles. The van der Waals surface area contributed by atoms with Crippen LogP contribution in [0.4, 0.5) is 21.9 Å². The normalized spacial score (nSPS) is 16.1. The smallest absolute Gasteiger partial charge is 0.429 e. The van der Waals surface area contributed by atoms with Crippen molar-refractivity contribution < 1.29 is 27.5 Å². The lowest BCUT2D eigenvalue weighted by Crippen LogP contribution is -2.45. The van der Waals surface area contributed by atoms with Crippen molar-refractivity contribution in [1.82, 2.24) is 0 Å². The van der Waals surface area contributed by atoms with Crippen LogP contribution in [-0.2, 0) is 30.9 Å². The lowest BCUT2D eigenvalue weighted by atomic mass is 9.93. The van der Waals surface area contributed by atoms with E-state index in [4.69, 9.17) is 14.6 Å². The standard InChI is InChI=1S/C25H42N4O6S/c1-11-12-28-17(14-34-10)13-18-15(2)20(29(36(26,32)33)23(31)35-25(7,8)9)16(3)19(21(18)28)27-22(30)24(4,5)6/h17H,11-14H2,1-10H3,(H,27,30)(H2,26,32,33). The van der Waals surface area contributed by atoms with Crippen LogP contribution < -0.4 is 19.7 Å². The first kappa shape index (κ1) is 29.9. The third-order valence-corrected chi connectivity index (χ3v) is 6.83. The molecule has 0 saturated carbocycles. The number of hydrogen-bond donors (Lipinski definition) is 2. The highest BCUT2D eigenvalue weighted by atomic mass is 32.2. The fraction of sp³-hybridized carbons (Fsp3) is 0.680. The van der Waals surface area contributed by atoms with Gasteiger partial charge in [0.2, 0.25) is 5.91 Å². The fourth-order valence-corrected chi connectivity index (χ4v) is 5.18. The number of amides is 2. The molecule has 2 amide bonds. The molecule has 1 unspecified atom stereocenters. The molecule has 1 heterocycles. The zero-order valence-electron chi connectivity index (χ0n) is 23.2. The molecule has 0 aromatic heterocycles. The first-order valence-corrected chi connectivity index (χ1v) is 13.6. The second-order valence-electron chi connectivity index (χ2n) is 11.3. The molecule has 10 nitrogen and oxygen atoms in total. The number of carbonyl (C=O) groups is 2. The summed E-state index contributed by atoms with van der Waals surface area (Å²) in [4.78, 5) is 28.5. The van der Waals surface area contributed by atoms with E-state index in [1.165, 1.54) is 0 Å². The van der Waals surface area contributed by atoms with Gasteiger partial charge in [-0.15, -0.1) is 0 Å². The second kappa shape index (κ2) is 10.5. The summed E-state index contributed by atoms with van der Waals surface area (Å²) in [5, 5.41) is 8.59. The molecule has 1 aromatic carbocycles. The van der Waals surface area contributed by atoms with Gasteiger partial charge in [0, 0.05) is 24.6 Å². The van der Waals surface area contributed by atoms with Crippen molar-refractivity contribution in [3.63, 3.8) is 0 Å². The maximum Gasteiger partial charge on any atom is 0.429 e. The molecule has 2 rings (SSSR count). The van der Waals surface area contributed by atoms with Gasteiger partial charge in [0.05, 0.1) is 29.7 Å². The minimum atomic E-state index is -4.57. The predicted molar refractivity (Wildman–Crippen MR) is 143 cm³/mol. The van der Waals surface area contributed by atoms with Crippen molar-refractivity contribution in [1.29, 1.82) is 0 Å². The average molecular weight is 527 g/mol. The molecule has 3 N–H and O–H groups in total. The highest BCUT2D eigenvalue weighted by Gasteiger charge is 2.40. The molecule has 204 valence electrons. The Morgan fingerprint density at radius 1 is 1.14 bits per heavy atom. The number of ether oxygens (including phenoxy) is 2. The van der Waals surface area contributed by atoms with Crippen LogP contribution in [0, 0.1) is 19.3 Å². The highest BCUT2D eigenvalue weighted by molar-refractivity contribution is 7.91. The summed E-state index contributed by atoms with van der Waals surface area (Å²) in [6, 6.07) is -0.0203. The van der Waals surface area contributed by atoms with E-state index in [0.29, 0.717) is 40.7 Å². The van der Waals surface area contributed by atoms with Crippen LogP contribution >= 0.6 is 0 Å². The summed E-state index contributed by atoms with van der Waals surface area (Å²) < 4.78 is 36.9. The van der Waals surface area contributed by atoms with Crippen LogP contribution in [-0.4, -0.2) is 52.3 Å². The monoisotopic (exact) mass is 526 g/mol. The molecule has 1 aliphatic heterocycles. The van der Waals surface area contributed by atoms with Crippen molar-refractivity contribution in [3.8, 4) is 0 Å². The zero-order chi connectivity index (χ0) is 27.8. The van der Waals surface area contributed by atoms with Crippen molar-refractivity contribution in [2.24, 2.45) is 10.6 Å². The number of nitrogens with one attached hydrogen (secondary N) is 1. The number of methoxy groups -OCH3 is 1. The van der Waals surface area contributed by atoms with Crippen LogP contribution in [0.3, 0.4) is 0 Å². The van der Waals surface area contributed by atoms with Crippen LogP contribution in [0.15, 0.2) is 0 Å². The summed E-state index contributed by atoms with van der Waals surface area (Å²) in [6.45, 7) is 17.0. The molecule has 1 aliphatic rings. The van der Waals surface area contributed by atoms with Gasteiger partial charge in [-0.25, -0.2) is 9.93 Å². The third-order valence-electron chi connectivity index (χ3n) is 5.99. The lowest BCUT2D eigenvalue weighted by molar-refractivity contribution is -0.123. The summed E-state index contributed by atoms with van der Waals surface area (Å²) in [5.74, 6) is -0.242. The fourth-order valence-electron chi connectivity index (χ4n) is 4.40. The topological polar surface area (TPSA) is 131 Å². The number of anilines is 3. The van der Waals surface area contributed by atoms with Gasteiger partial charge < -0.3 is 19.7 Å². The Balaban J connectivity index is 2.92. The van der Waals surface area contributed by atoms with E-state index in [1.54, 1.807) is 62.5 Å². The van der Waals surface area contributed by atoms with Crippen molar-refractivity contribution in [3.05, 3.63) is 16.7 Å². The molecule has 0 saturated heterocycles. The van der Waals surface area contributed by atoms with Gasteiger partial charge in [-0.05, 0) is 58.6 Å². The summed E-state index contributed by atoms with van der Waals surface area (Å²) >= 11 is 0. The molecule has 0 fully saturated rings. The van der Waals surface area contributed by atoms with Crippen molar-refractivity contribution >= 4 is 39.3 Å². The highest BCUT2D eigenvalue weighted by Crippen LogP contribution is 2.48. The van der Waals surface area contributed by atoms with E-state index in [9.17, 15) is 18.0 Å². The van der Waals surface area contributed by atoms with E-state index in [0.717, 1.165) is 17.7 Å². The van der Waals surface area contributed by atoms with Gasteiger partial charge in [-0.1, -0.05) is 27.7 Å². The maximum absolute atomic E-state index is 13.2. The first-order chi connectivity index (χ1) is 16.3. The van der Waals surface area contributed by atoms with Crippen molar-refractivity contribution in [2.75, 3.05) is 34.8 Å². The van der Waals surface area contributed by atoms with Gasteiger partial charge in [-0.3, -0.25) is 4.79 Å². The number of rotatable bonds is 7.